The van der Waals surface area contributed by atoms with Crippen molar-refractivity contribution in [3.63, 3.8) is 0 Å². The normalized spacial score (nSPS) is 18.7. The summed E-state index contributed by atoms with van der Waals surface area (Å²) < 4.78 is 2.98. The number of carboxylic acids is 1. The lowest BCUT2D eigenvalue weighted by Gasteiger charge is -2.21. The summed E-state index contributed by atoms with van der Waals surface area (Å²) in [6.07, 6.45) is 5.41. The van der Waals surface area contributed by atoms with E-state index in [2.05, 4.69) is 21.0 Å². The van der Waals surface area contributed by atoms with Crippen molar-refractivity contribution in [2.45, 2.75) is 19.6 Å². The van der Waals surface area contributed by atoms with Crippen LogP contribution >= 0.6 is 11.3 Å². The highest BCUT2D eigenvalue weighted by atomic mass is 32.1. The first kappa shape index (κ1) is 14.3. The number of fused-ring (bicyclic) bond motifs is 2. The van der Waals surface area contributed by atoms with E-state index in [-0.39, 0.29) is 0 Å². The molecule has 7 heteroatoms. The van der Waals surface area contributed by atoms with Crippen LogP contribution in [-0.4, -0.2) is 37.3 Å². The van der Waals surface area contributed by atoms with Crippen molar-refractivity contribution >= 4 is 27.4 Å². The van der Waals surface area contributed by atoms with Crippen LogP contribution < -0.4 is 0 Å². The van der Waals surface area contributed by atoms with Crippen LogP contribution in [0.4, 0.5) is 0 Å². The van der Waals surface area contributed by atoms with Gasteiger partial charge in [-0.1, -0.05) is 0 Å². The van der Waals surface area contributed by atoms with Crippen LogP contribution in [0.2, 0.25) is 0 Å². The lowest BCUT2D eigenvalue weighted by molar-refractivity contribution is -0.142. The molecule has 4 rings (SSSR count). The highest BCUT2D eigenvalue weighted by Crippen LogP contribution is 2.27. The Hall–Kier alpha value is -2.25. The number of rotatable bonds is 3. The van der Waals surface area contributed by atoms with Crippen molar-refractivity contribution < 1.29 is 9.90 Å². The maximum atomic E-state index is 11.5. The van der Waals surface area contributed by atoms with Gasteiger partial charge in [0.25, 0.3) is 0 Å². The number of carbonyl (C=O) groups is 1. The molecule has 0 radical (unpaired) electrons. The number of hydrogen-bond acceptors (Lipinski definition) is 5. The van der Waals surface area contributed by atoms with E-state index < -0.39 is 11.9 Å². The Morgan fingerprint density at radius 2 is 2.26 bits per heavy atom. The predicted octanol–water partition coefficient (Wildman–Crippen LogP) is 2.21. The van der Waals surface area contributed by atoms with Crippen LogP contribution in [0.5, 0.6) is 0 Å². The molecular formula is C16H16N4O2S. The summed E-state index contributed by atoms with van der Waals surface area (Å²) in [5, 5.41) is 14.9. The monoisotopic (exact) mass is 328 g/mol. The zero-order valence-corrected chi connectivity index (χ0v) is 13.2. The predicted molar refractivity (Wildman–Crippen MR) is 87.1 cm³/mol. The van der Waals surface area contributed by atoms with Gasteiger partial charge in [0.1, 0.15) is 0 Å². The number of aliphatic carboxylic acids is 1. The van der Waals surface area contributed by atoms with E-state index in [1.165, 1.54) is 10.3 Å². The molecule has 0 saturated carbocycles. The molecule has 1 atom stereocenters. The van der Waals surface area contributed by atoms with Gasteiger partial charge in [-0.2, -0.15) is 5.10 Å². The minimum Gasteiger partial charge on any atom is -0.481 e. The van der Waals surface area contributed by atoms with Gasteiger partial charge in [0, 0.05) is 43.1 Å². The van der Waals surface area contributed by atoms with E-state index in [0.717, 1.165) is 23.5 Å². The van der Waals surface area contributed by atoms with Gasteiger partial charge >= 0.3 is 5.97 Å². The summed E-state index contributed by atoms with van der Waals surface area (Å²) in [5.41, 5.74) is 1.07. The minimum absolute atomic E-state index is 0.435. The van der Waals surface area contributed by atoms with Gasteiger partial charge in [-0.3, -0.25) is 19.4 Å². The van der Waals surface area contributed by atoms with Crippen LogP contribution in [0, 0.1) is 5.92 Å². The smallest absolute Gasteiger partial charge is 0.309 e. The molecule has 0 saturated heterocycles. The van der Waals surface area contributed by atoms with Crippen molar-refractivity contribution in [3.8, 4) is 0 Å². The molecule has 3 aromatic heterocycles. The fourth-order valence-electron chi connectivity index (χ4n) is 3.04. The number of pyridine rings is 1. The third kappa shape index (κ3) is 2.85. The molecule has 6 nitrogen and oxygen atoms in total. The average molecular weight is 328 g/mol. The van der Waals surface area contributed by atoms with E-state index in [0.29, 0.717) is 13.1 Å². The van der Waals surface area contributed by atoms with Crippen LogP contribution in [0.25, 0.3) is 10.1 Å². The first-order valence-corrected chi connectivity index (χ1v) is 8.29. The summed E-state index contributed by atoms with van der Waals surface area (Å²) in [4.78, 5) is 19.1. The Labute approximate surface area is 137 Å². The van der Waals surface area contributed by atoms with Crippen molar-refractivity contribution in [2.24, 2.45) is 5.92 Å². The summed E-state index contributed by atoms with van der Waals surface area (Å²) in [7, 11) is 0. The van der Waals surface area contributed by atoms with E-state index in [4.69, 9.17) is 0 Å². The molecule has 118 valence electrons. The highest BCUT2D eigenvalue weighted by molar-refractivity contribution is 7.19. The van der Waals surface area contributed by atoms with Crippen molar-refractivity contribution in [3.05, 3.63) is 47.4 Å². The average Bonchev–Trinajstić information content (AvgIpc) is 3.08. The molecule has 0 bridgehead atoms. The Kier molecular flexibility index (Phi) is 3.59. The number of aromatic nitrogens is 3. The molecule has 1 unspecified atom stereocenters. The van der Waals surface area contributed by atoms with Gasteiger partial charge in [0.15, 0.2) is 0 Å². The SMILES string of the molecule is O=C(O)C1CN(Cc2cc3ccncc3s2)Cc2ccnn2C1. The number of carboxylic acid groups (broad SMARTS) is 1. The fourth-order valence-corrected chi connectivity index (χ4v) is 4.12. The Bertz CT molecular complexity index is 824. The maximum Gasteiger partial charge on any atom is 0.309 e. The molecule has 0 spiro atoms. The standard InChI is InChI=1S/C16H16N4O2S/c21-16(22)12-7-19(9-13-2-4-18-20(13)8-12)10-14-5-11-1-3-17-6-15(11)23-14/h1-6,12H,7-10H2,(H,21,22). The minimum atomic E-state index is -0.765. The van der Waals surface area contributed by atoms with Crippen LogP contribution in [0.15, 0.2) is 36.8 Å². The molecule has 23 heavy (non-hydrogen) atoms. The summed E-state index contributed by atoms with van der Waals surface area (Å²) in [6, 6.07) is 6.14. The van der Waals surface area contributed by atoms with Gasteiger partial charge < -0.3 is 5.11 Å². The first-order valence-electron chi connectivity index (χ1n) is 7.47. The highest BCUT2D eigenvalue weighted by Gasteiger charge is 2.27. The van der Waals surface area contributed by atoms with Crippen molar-refractivity contribution in [1.29, 1.82) is 0 Å². The van der Waals surface area contributed by atoms with E-state index in [1.807, 2.05) is 23.0 Å². The zero-order valence-electron chi connectivity index (χ0n) is 12.4. The second-order valence-electron chi connectivity index (χ2n) is 5.84. The van der Waals surface area contributed by atoms with Gasteiger partial charge in [0.05, 0.1) is 22.9 Å². The van der Waals surface area contributed by atoms with Gasteiger partial charge in [-0.15, -0.1) is 11.3 Å². The number of nitrogens with zero attached hydrogens (tertiary/aromatic N) is 4. The molecule has 0 aliphatic carbocycles. The second-order valence-corrected chi connectivity index (χ2v) is 7.00. The Balaban J connectivity index is 1.60. The second kappa shape index (κ2) is 5.75. The fraction of sp³-hybridized carbons (Fsp3) is 0.312. The molecule has 0 fully saturated rings. The summed E-state index contributed by atoms with van der Waals surface area (Å²) >= 11 is 1.72. The third-order valence-corrected chi connectivity index (χ3v) is 5.23. The van der Waals surface area contributed by atoms with Gasteiger partial charge in [0.2, 0.25) is 0 Å². The van der Waals surface area contributed by atoms with Gasteiger partial charge in [-0.05, 0) is 23.6 Å². The van der Waals surface area contributed by atoms with Crippen LogP contribution in [0.1, 0.15) is 10.6 Å². The molecule has 3 aromatic rings. The van der Waals surface area contributed by atoms with E-state index in [1.54, 1.807) is 23.7 Å². The Morgan fingerprint density at radius 1 is 1.35 bits per heavy atom. The third-order valence-electron chi connectivity index (χ3n) is 4.16. The molecule has 0 aromatic carbocycles. The maximum absolute atomic E-state index is 11.5. The summed E-state index contributed by atoms with van der Waals surface area (Å²) in [6.45, 7) is 2.43. The zero-order chi connectivity index (χ0) is 15.8. The molecule has 1 N–H and O–H groups in total. The quantitative estimate of drug-likeness (QED) is 0.798. The Morgan fingerprint density at radius 3 is 3.09 bits per heavy atom. The number of thiophene rings is 1. The lowest BCUT2D eigenvalue weighted by Crippen LogP contribution is -2.31. The summed E-state index contributed by atoms with van der Waals surface area (Å²) in [5.74, 6) is -1.20. The van der Waals surface area contributed by atoms with E-state index in [9.17, 15) is 9.90 Å². The lowest BCUT2D eigenvalue weighted by atomic mass is 10.1. The molecule has 4 heterocycles. The first-order chi connectivity index (χ1) is 11.2. The van der Waals surface area contributed by atoms with E-state index >= 15 is 0 Å². The molecular weight excluding hydrogens is 312 g/mol. The van der Waals surface area contributed by atoms with Gasteiger partial charge in [-0.25, -0.2) is 0 Å². The largest absolute Gasteiger partial charge is 0.481 e. The van der Waals surface area contributed by atoms with Crippen LogP contribution in [-0.2, 0) is 24.4 Å². The molecule has 1 aliphatic heterocycles. The topological polar surface area (TPSA) is 71.2 Å². The molecule has 0 amide bonds. The molecule has 1 aliphatic rings. The number of hydrogen-bond donors (Lipinski definition) is 1. The van der Waals surface area contributed by atoms with Crippen LogP contribution in [0.3, 0.4) is 0 Å². The van der Waals surface area contributed by atoms with Crippen molar-refractivity contribution in [2.75, 3.05) is 6.54 Å². The van der Waals surface area contributed by atoms with Crippen molar-refractivity contribution in [1.82, 2.24) is 19.7 Å².